The second-order valence-corrected chi connectivity index (χ2v) is 16.9. The normalized spacial score (nSPS) is 13.4. The van der Waals surface area contributed by atoms with Crippen molar-refractivity contribution in [3.63, 3.8) is 0 Å². The summed E-state index contributed by atoms with van der Waals surface area (Å²) in [6.07, 6.45) is 49.5. The van der Waals surface area contributed by atoms with Crippen LogP contribution in [0.25, 0.3) is 0 Å². The van der Waals surface area contributed by atoms with Gasteiger partial charge in [-0.3, -0.25) is 9.59 Å². The van der Waals surface area contributed by atoms with Gasteiger partial charge in [0.1, 0.15) is 6.10 Å². The molecule has 0 saturated carbocycles. The molecule has 0 aliphatic carbocycles. The smallest absolute Gasteiger partial charge is 0.306 e. The third-order valence-corrected chi connectivity index (χ3v) is 11.2. The summed E-state index contributed by atoms with van der Waals surface area (Å²) in [4.78, 5) is 26.0. The van der Waals surface area contributed by atoms with Crippen LogP contribution in [-0.2, 0) is 14.3 Å². The lowest BCUT2D eigenvalue weighted by atomic mass is 10.0. The van der Waals surface area contributed by atoms with Crippen LogP contribution in [0.2, 0.25) is 0 Å². The van der Waals surface area contributed by atoms with Crippen LogP contribution < -0.4 is 5.32 Å². The summed E-state index contributed by atoms with van der Waals surface area (Å²) in [6.45, 7) is 6.42. The minimum absolute atomic E-state index is 0.0671. The molecule has 0 spiro atoms. The highest BCUT2D eigenvalue weighted by molar-refractivity contribution is 5.77. The Bertz CT molecular complexity index is 889. The third-order valence-electron chi connectivity index (χ3n) is 11.2. The first-order chi connectivity index (χ1) is 27.5. The van der Waals surface area contributed by atoms with Gasteiger partial charge in [-0.05, 0) is 70.6 Å². The summed E-state index contributed by atoms with van der Waals surface area (Å²) in [5.41, 5.74) is 0. The molecular formula is C50H95NO5. The molecule has 6 heteroatoms. The molecule has 0 fully saturated rings. The topological polar surface area (TPSA) is 95.9 Å². The highest BCUT2D eigenvalue weighted by Crippen LogP contribution is 2.17. The number of ether oxygens (including phenoxy) is 1. The molecule has 330 valence electrons. The fraction of sp³-hybridized carbons (Fsp3) is 0.880. The van der Waals surface area contributed by atoms with Crippen LogP contribution in [0.15, 0.2) is 24.3 Å². The molecule has 0 aromatic heterocycles. The van der Waals surface area contributed by atoms with Crippen LogP contribution in [0.4, 0.5) is 0 Å². The first-order valence-electron chi connectivity index (χ1n) is 24.6. The molecule has 3 N–H and O–H groups in total. The molecule has 3 unspecified atom stereocenters. The predicted octanol–water partition coefficient (Wildman–Crippen LogP) is 14.3. The monoisotopic (exact) mass is 790 g/mol. The Hall–Kier alpha value is -1.66. The first-order valence-corrected chi connectivity index (χ1v) is 24.6. The van der Waals surface area contributed by atoms with Gasteiger partial charge < -0.3 is 20.3 Å². The van der Waals surface area contributed by atoms with Crippen molar-refractivity contribution in [2.45, 2.75) is 277 Å². The van der Waals surface area contributed by atoms with Crippen molar-refractivity contribution < 1.29 is 24.5 Å². The average Bonchev–Trinajstić information content (AvgIpc) is 3.19. The molecule has 0 aromatic carbocycles. The van der Waals surface area contributed by atoms with E-state index in [9.17, 15) is 19.8 Å². The number of rotatable bonds is 44. The van der Waals surface area contributed by atoms with Gasteiger partial charge in [0.05, 0.1) is 25.2 Å². The standard InChI is InChI=1S/C50H95NO5/c1-4-7-10-13-16-19-22-24-26-27-29-32-35-38-41-46(56-50(55)43-40-37-34-31-21-18-15-12-9-6-3)44-49(54)51-47(45-52)48(53)42-39-36-33-30-28-25-23-20-17-14-11-8-5-2/h12,15,26-27,46-48,52-53H,4-11,13-14,16-25,28-45H2,1-3H3,(H,51,54)/b15-12-,27-26+. The van der Waals surface area contributed by atoms with Gasteiger partial charge in [-0.1, -0.05) is 199 Å². The molecule has 0 heterocycles. The number of carbonyl (C=O) groups is 2. The van der Waals surface area contributed by atoms with E-state index >= 15 is 0 Å². The minimum atomic E-state index is -0.788. The van der Waals surface area contributed by atoms with Crippen LogP contribution >= 0.6 is 0 Å². The molecule has 0 aromatic rings. The van der Waals surface area contributed by atoms with Gasteiger partial charge in [0, 0.05) is 6.42 Å². The number of allylic oxidation sites excluding steroid dienone is 4. The molecule has 0 radical (unpaired) electrons. The Morgan fingerprint density at radius 2 is 0.893 bits per heavy atom. The number of aliphatic hydroxyl groups is 2. The number of unbranched alkanes of at least 4 members (excludes halogenated alkanes) is 28. The zero-order valence-corrected chi connectivity index (χ0v) is 37.5. The Morgan fingerprint density at radius 1 is 0.500 bits per heavy atom. The Morgan fingerprint density at radius 3 is 1.36 bits per heavy atom. The summed E-state index contributed by atoms with van der Waals surface area (Å²) >= 11 is 0. The summed E-state index contributed by atoms with van der Waals surface area (Å²) in [6, 6.07) is -0.703. The molecule has 0 saturated heterocycles. The number of hydrogen-bond donors (Lipinski definition) is 3. The Balaban J connectivity index is 4.57. The summed E-state index contributed by atoms with van der Waals surface area (Å²) in [5, 5.41) is 23.7. The van der Waals surface area contributed by atoms with Gasteiger partial charge in [0.2, 0.25) is 5.91 Å². The summed E-state index contributed by atoms with van der Waals surface area (Å²) < 4.78 is 5.90. The van der Waals surface area contributed by atoms with E-state index in [0.29, 0.717) is 19.3 Å². The van der Waals surface area contributed by atoms with Crippen molar-refractivity contribution in [2.75, 3.05) is 6.61 Å². The quantitative estimate of drug-likeness (QED) is 0.0324. The van der Waals surface area contributed by atoms with E-state index in [2.05, 4.69) is 50.4 Å². The molecule has 6 nitrogen and oxygen atoms in total. The van der Waals surface area contributed by atoms with Crippen molar-refractivity contribution in [3.05, 3.63) is 24.3 Å². The maximum atomic E-state index is 13.2. The van der Waals surface area contributed by atoms with E-state index in [-0.39, 0.29) is 24.9 Å². The third kappa shape index (κ3) is 39.2. The van der Waals surface area contributed by atoms with E-state index in [1.807, 2.05) is 0 Å². The zero-order chi connectivity index (χ0) is 41.0. The van der Waals surface area contributed by atoms with Gasteiger partial charge in [0.25, 0.3) is 0 Å². The van der Waals surface area contributed by atoms with Crippen LogP contribution in [0.5, 0.6) is 0 Å². The van der Waals surface area contributed by atoms with Crippen molar-refractivity contribution >= 4 is 11.9 Å². The average molecular weight is 790 g/mol. The van der Waals surface area contributed by atoms with Gasteiger partial charge >= 0.3 is 5.97 Å². The van der Waals surface area contributed by atoms with Crippen LogP contribution in [0.3, 0.4) is 0 Å². The number of amides is 1. The number of carbonyl (C=O) groups excluding carboxylic acids is 2. The lowest BCUT2D eigenvalue weighted by molar-refractivity contribution is -0.151. The van der Waals surface area contributed by atoms with Crippen molar-refractivity contribution in [2.24, 2.45) is 0 Å². The number of nitrogens with one attached hydrogen (secondary N) is 1. The van der Waals surface area contributed by atoms with Crippen LogP contribution in [0.1, 0.15) is 258 Å². The van der Waals surface area contributed by atoms with E-state index in [1.165, 1.54) is 141 Å². The second-order valence-electron chi connectivity index (χ2n) is 16.9. The Kier molecular flexibility index (Phi) is 43.1. The van der Waals surface area contributed by atoms with Crippen molar-refractivity contribution in [1.82, 2.24) is 5.32 Å². The second kappa shape index (κ2) is 44.4. The highest BCUT2D eigenvalue weighted by atomic mass is 16.5. The largest absolute Gasteiger partial charge is 0.462 e. The molecule has 0 rings (SSSR count). The van der Waals surface area contributed by atoms with Crippen molar-refractivity contribution in [1.29, 1.82) is 0 Å². The molecule has 3 atom stereocenters. The van der Waals surface area contributed by atoms with E-state index in [4.69, 9.17) is 4.74 Å². The summed E-state index contributed by atoms with van der Waals surface area (Å²) in [5.74, 6) is -0.493. The lowest BCUT2D eigenvalue weighted by Crippen LogP contribution is -2.46. The molecule has 1 amide bonds. The molecule has 0 aliphatic heterocycles. The zero-order valence-electron chi connectivity index (χ0n) is 37.5. The van der Waals surface area contributed by atoms with Gasteiger partial charge in [0.15, 0.2) is 0 Å². The molecule has 0 bridgehead atoms. The first kappa shape index (κ1) is 54.3. The Labute approximate surface area is 348 Å². The molecule has 56 heavy (non-hydrogen) atoms. The van der Waals surface area contributed by atoms with Gasteiger partial charge in [-0.25, -0.2) is 0 Å². The number of aliphatic hydroxyl groups excluding tert-OH is 2. The maximum absolute atomic E-state index is 13.2. The fourth-order valence-corrected chi connectivity index (χ4v) is 7.49. The summed E-state index contributed by atoms with van der Waals surface area (Å²) in [7, 11) is 0. The van der Waals surface area contributed by atoms with Gasteiger partial charge in [-0.15, -0.1) is 0 Å². The highest BCUT2D eigenvalue weighted by Gasteiger charge is 2.24. The molecular weight excluding hydrogens is 695 g/mol. The van der Waals surface area contributed by atoms with E-state index in [1.54, 1.807) is 0 Å². The lowest BCUT2D eigenvalue weighted by Gasteiger charge is -2.24. The van der Waals surface area contributed by atoms with E-state index in [0.717, 1.165) is 70.6 Å². The van der Waals surface area contributed by atoms with Crippen molar-refractivity contribution in [3.8, 4) is 0 Å². The van der Waals surface area contributed by atoms with Crippen LogP contribution in [-0.4, -0.2) is 46.9 Å². The van der Waals surface area contributed by atoms with Crippen LogP contribution in [0, 0.1) is 0 Å². The predicted molar refractivity (Wildman–Crippen MR) is 241 cm³/mol. The number of esters is 1. The molecule has 0 aliphatic rings. The number of hydrogen-bond acceptors (Lipinski definition) is 5. The fourth-order valence-electron chi connectivity index (χ4n) is 7.49. The minimum Gasteiger partial charge on any atom is -0.462 e. The van der Waals surface area contributed by atoms with E-state index < -0.39 is 18.2 Å². The van der Waals surface area contributed by atoms with Gasteiger partial charge in [-0.2, -0.15) is 0 Å². The SMILES string of the molecule is CCC/C=C\CCCCCCCC(=O)OC(CCCCC/C=C/CCCCCCCCC)CC(=O)NC(CO)C(O)CCCCCCCCCCCCCCC. The maximum Gasteiger partial charge on any atom is 0.306 e.